The molecule has 0 radical (unpaired) electrons. The van der Waals surface area contributed by atoms with Crippen LogP contribution < -0.4 is 0 Å². The van der Waals surface area contributed by atoms with Crippen LogP contribution in [0.3, 0.4) is 0 Å². The Morgan fingerprint density at radius 2 is 2.19 bits per heavy atom. The number of hydrogen-bond donors (Lipinski definition) is 0. The van der Waals surface area contributed by atoms with Crippen LogP contribution in [0.5, 0.6) is 0 Å². The molecular weight excluding hydrogens is 218 g/mol. The molecule has 0 spiro atoms. The van der Waals surface area contributed by atoms with Gasteiger partial charge in [0.25, 0.3) is 0 Å². The molecule has 0 fully saturated rings. The Bertz CT molecular complexity index is 433. The Hall–Kier alpha value is -1.16. The minimum atomic E-state index is 0.532. The van der Waals surface area contributed by atoms with Gasteiger partial charge in [-0.1, -0.05) is 13.8 Å². The van der Waals surface area contributed by atoms with E-state index in [1.807, 2.05) is 29.6 Å². The minimum absolute atomic E-state index is 0.532. The van der Waals surface area contributed by atoms with Gasteiger partial charge in [0.05, 0.1) is 5.51 Å². The highest BCUT2D eigenvalue weighted by atomic mass is 32.1. The van der Waals surface area contributed by atoms with Crippen LogP contribution in [-0.2, 0) is 7.05 Å². The fourth-order valence-electron chi connectivity index (χ4n) is 2.10. The molecule has 0 bridgehead atoms. The molecule has 4 heteroatoms. The fraction of sp³-hybridized carbons (Fsp3) is 0.500. The minimum Gasteiger partial charge on any atom is -0.272 e. The molecule has 0 amide bonds. The van der Waals surface area contributed by atoms with Gasteiger partial charge in [-0.15, -0.1) is 11.3 Å². The quantitative estimate of drug-likeness (QED) is 0.815. The van der Waals surface area contributed by atoms with Crippen LogP contribution in [-0.4, -0.2) is 14.8 Å². The topological polar surface area (TPSA) is 30.7 Å². The normalized spacial score (nSPS) is 14.9. The molecule has 16 heavy (non-hydrogen) atoms. The molecule has 2 atom stereocenters. The number of nitrogens with zero attached hydrogens (tertiary/aromatic N) is 3. The monoisotopic (exact) mass is 235 g/mol. The Labute approximate surface area is 100 Å². The molecule has 0 saturated carbocycles. The lowest BCUT2D eigenvalue weighted by Gasteiger charge is -2.16. The van der Waals surface area contributed by atoms with Crippen LogP contribution in [0.4, 0.5) is 0 Å². The van der Waals surface area contributed by atoms with E-state index in [4.69, 9.17) is 0 Å². The molecule has 0 aliphatic heterocycles. The Morgan fingerprint density at radius 1 is 1.38 bits per heavy atom. The lowest BCUT2D eigenvalue weighted by atomic mass is 9.94. The zero-order valence-electron chi connectivity index (χ0n) is 9.92. The second kappa shape index (κ2) is 4.78. The first-order valence-electron chi connectivity index (χ1n) is 5.54. The maximum Gasteiger partial charge on any atom is 0.0794 e. The maximum absolute atomic E-state index is 4.21. The number of thiazole rings is 1. The zero-order chi connectivity index (χ0) is 11.5. The van der Waals surface area contributed by atoms with Crippen molar-refractivity contribution in [1.29, 1.82) is 0 Å². The van der Waals surface area contributed by atoms with Crippen molar-refractivity contribution >= 4 is 11.3 Å². The standard InChI is InChI=1S/C12H17N3S/c1-9(11-4-5-14-15(11)3)6-10(2)12-7-13-8-16-12/h4-5,7-10H,6H2,1-3H3. The third-order valence-corrected chi connectivity index (χ3v) is 4.02. The van der Waals surface area contributed by atoms with Crippen molar-refractivity contribution in [1.82, 2.24) is 14.8 Å². The van der Waals surface area contributed by atoms with Gasteiger partial charge in [-0.25, -0.2) is 0 Å². The molecule has 2 aromatic heterocycles. The Morgan fingerprint density at radius 3 is 2.75 bits per heavy atom. The first-order valence-corrected chi connectivity index (χ1v) is 6.42. The molecule has 86 valence electrons. The highest BCUT2D eigenvalue weighted by Gasteiger charge is 2.15. The van der Waals surface area contributed by atoms with Crippen molar-refractivity contribution < 1.29 is 0 Å². The molecule has 2 unspecified atom stereocenters. The smallest absolute Gasteiger partial charge is 0.0794 e. The van der Waals surface area contributed by atoms with Crippen LogP contribution in [0.15, 0.2) is 24.0 Å². The van der Waals surface area contributed by atoms with Crippen molar-refractivity contribution in [2.24, 2.45) is 7.05 Å². The summed E-state index contributed by atoms with van der Waals surface area (Å²) in [5.74, 6) is 1.10. The zero-order valence-corrected chi connectivity index (χ0v) is 10.7. The molecule has 0 saturated heterocycles. The number of rotatable bonds is 4. The van der Waals surface area contributed by atoms with Gasteiger partial charge in [0.2, 0.25) is 0 Å². The van der Waals surface area contributed by atoms with Gasteiger partial charge in [-0.2, -0.15) is 5.10 Å². The van der Waals surface area contributed by atoms with Gasteiger partial charge >= 0.3 is 0 Å². The van der Waals surface area contributed by atoms with E-state index >= 15 is 0 Å². The Balaban J connectivity index is 2.03. The van der Waals surface area contributed by atoms with Gasteiger partial charge in [0, 0.05) is 30.0 Å². The predicted molar refractivity (Wildman–Crippen MR) is 66.8 cm³/mol. The SMILES string of the molecule is CC(CC(C)c1ccnn1C)c1cncs1. The molecule has 2 rings (SSSR count). The van der Waals surface area contributed by atoms with E-state index in [2.05, 4.69) is 30.0 Å². The van der Waals surface area contributed by atoms with Crippen LogP contribution in [0, 0.1) is 0 Å². The number of hydrogen-bond acceptors (Lipinski definition) is 3. The summed E-state index contributed by atoms with van der Waals surface area (Å²) in [5, 5.41) is 4.21. The second-order valence-corrected chi connectivity index (χ2v) is 5.24. The maximum atomic E-state index is 4.21. The van der Waals surface area contributed by atoms with Crippen molar-refractivity contribution in [3.8, 4) is 0 Å². The van der Waals surface area contributed by atoms with E-state index < -0.39 is 0 Å². The summed E-state index contributed by atoms with van der Waals surface area (Å²) in [6, 6.07) is 2.10. The van der Waals surface area contributed by atoms with Crippen molar-refractivity contribution in [3.05, 3.63) is 34.5 Å². The van der Waals surface area contributed by atoms with Crippen LogP contribution in [0.25, 0.3) is 0 Å². The summed E-state index contributed by atoms with van der Waals surface area (Å²) < 4.78 is 1.96. The highest BCUT2D eigenvalue weighted by molar-refractivity contribution is 7.09. The van der Waals surface area contributed by atoms with Gasteiger partial charge in [-0.05, 0) is 24.3 Å². The number of aryl methyl sites for hydroxylation is 1. The first-order chi connectivity index (χ1) is 7.68. The molecule has 0 aliphatic rings. The summed E-state index contributed by atoms with van der Waals surface area (Å²) in [7, 11) is 2.00. The van der Waals surface area contributed by atoms with E-state index in [0.717, 1.165) is 6.42 Å². The van der Waals surface area contributed by atoms with Crippen LogP contribution in [0.2, 0.25) is 0 Å². The molecule has 0 aliphatic carbocycles. The average Bonchev–Trinajstić information content (AvgIpc) is 2.86. The fourth-order valence-corrected chi connectivity index (χ4v) is 2.80. The highest BCUT2D eigenvalue weighted by Crippen LogP contribution is 2.30. The summed E-state index contributed by atoms with van der Waals surface area (Å²) in [6.07, 6.45) is 4.98. The van der Waals surface area contributed by atoms with Crippen LogP contribution >= 0.6 is 11.3 Å². The third kappa shape index (κ3) is 2.32. The van der Waals surface area contributed by atoms with Gasteiger partial charge in [0.15, 0.2) is 0 Å². The Kier molecular flexibility index (Phi) is 3.39. The summed E-state index contributed by atoms with van der Waals surface area (Å²) in [6.45, 7) is 4.52. The van der Waals surface area contributed by atoms with E-state index in [0.29, 0.717) is 11.8 Å². The van der Waals surface area contributed by atoms with Crippen LogP contribution in [0.1, 0.15) is 42.7 Å². The lowest BCUT2D eigenvalue weighted by molar-refractivity contribution is 0.555. The van der Waals surface area contributed by atoms with Crippen molar-refractivity contribution in [2.45, 2.75) is 32.1 Å². The molecule has 2 aromatic rings. The largest absolute Gasteiger partial charge is 0.272 e. The van der Waals surface area contributed by atoms with E-state index in [1.54, 1.807) is 11.3 Å². The van der Waals surface area contributed by atoms with E-state index in [1.165, 1.54) is 10.6 Å². The van der Waals surface area contributed by atoms with Gasteiger partial charge in [0.1, 0.15) is 0 Å². The predicted octanol–water partition coefficient (Wildman–Crippen LogP) is 3.17. The summed E-state index contributed by atoms with van der Waals surface area (Å²) >= 11 is 1.74. The average molecular weight is 235 g/mol. The first kappa shape index (κ1) is 11.3. The third-order valence-electron chi connectivity index (χ3n) is 3.01. The lowest BCUT2D eigenvalue weighted by Crippen LogP contribution is -2.05. The summed E-state index contributed by atoms with van der Waals surface area (Å²) in [4.78, 5) is 5.50. The van der Waals surface area contributed by atoms with Gasteiger partial charge < -0.3 is 0 Å². The van der Waals surface area contributed by atoms with Crippen molar-refractivity contribution in [3.63, 3.8) is 0 Å². The molecule has 0 N–H and O–H groups in total. The molecule has 3 nitrogen and oxygen atoms in total. The molecule has 2 heterocycles. The number of aromatic nitrogens is 3. The second-order valence-electron chi connectivity index (χ2n) is 4.32. The summed E-state index contributed by atoms with van der Waals surface area (Å²) in [5.41, 5.74) is 3.21. The van der Waals surface area contributed by atoms with E-state index in [9.17, 15) is 0 Å². The van der Waals surface area contributed by atoms with Gasteiger partial charge in [-0.3, -0.25) is 9.67 Å². The molecular formula is C12H17N3S. The van der Waals surface area contributed by atoms with Crippen molar-refractivity contribution in [2.75, 3.05) is 0 Å². The van der Waals surface area contributed by atoms with E-state index in [-0.39, 0.29) is 0 Å². The molecule has 0 aromatic carbocycles.